The van der Waals surface area contributed by atoms with E-state index in [4.69, 9.17) is 9.40 Å². The number of rotatable bonds is 2. The number of hydrogen-bond donors (Lipinski definition) is 0. The first-order valence-electron chi connectivity index (χ1n) is 14.1. The van der Waals surface area contributed by atoms with Gasteiger partial charge in [0.15, 0.2) is 11.8 Å². The Morgan fingerprint density at radius 3 is 2.35 bits per heavy atom. The molecule has 200 valence electrons. The lowest BCUT2D eigenvalue weighted by Crippen LogP contribution is -2.34. The topological polar surface area (TPSA) is 29.9 Å². The first-order chi connectivity index (χ1) is 19.0. The molecule has 0 spiro atoms. The van der Waals surface area contributed by atoms with Crippen molar-refractivity contribution in [3.8, 4) is 22.4 Å². The van der Waals surface area contributed by atoms with Gasteiger partial charge < -0.3 is 4.42 Å². The van der Waals surface area contributed by atoms with Gasteiger partial charge in [-0.05, 0) is 76.6 Å². The molecule has 0 bridgehead atoms. The highest BCUT2D eigenvalue weighted by atomic mass is 19.1. The molecule has 0 saturated heterocycles. The minimum absolute atomic E-state index is 0.0490. The van der Waals surface area contributed by atoms with Crippen LogP contribution in [0, 0.1) is 12.7 Å². The molecular formula is C36H34FN2O+. The Bertz CT molecular complexity index is 1980. The number of nitrogens with zero attached hydrogens (tertiary/aromatic N) is 2. The van der Waals surface area contributed by atoms with E-state index in [9.17, 15) is 4.39 Å². The van der Waals surface area contributed by atoms with Crippen LogP contribution in [0.3, 0.4) is 0 Å². The zero-order chi connectivity index (χ0) is 28.0. The van der Waals surface area contributed by atoms with Crippen molar-refractivity contribution < 1.29 is 13.4 Å². The maximum Gasteiger partial charge on any atom is 0.227 e. The zero-order valence-electron chi connectivity index (χ0n) is 24.0. The van der Waals surface area contributed by atoms with E-state index in [1.807, 2.05) is 19.2 Å². The number of hydrogen-bond acceptors (Lipinski definition) is 2. The Labute approximate surface area is 234 Å². The SMILES string of the molecule is Cc1ccc2c(oc3nc4c5c(ccc4cc32)C(C)(C)CCC5(C)C)c1-c1cc(-c2ccc(F)cc2)cc[n+]1C. The highest BCUT2D eigenvalue weighted by Gasteiger charge is 2.38. The number of aryl methyl sites for hydroxylation is 2. The molecule has 0 unspecified atom stereocenters. The second-order valence-electron chi connectivity index (χ2n) is 12.8. The number of pyridine rings is 2. The summed E-state index contributed by atoms with van der Waals surface area (Å²) in [4.78, 5) is 5.24. The summed E-state index contributed by atoms with van der Waals surface area (Å²) in [6.07, 6.45) is 4.36. The summed E-state index contributed by atoms with van der Waals surface area (Å²) in [6, 6.07) is 22.0. The molecule has 3 aromatic heterocycles. The highest BCUT2D eigenvalue weighted by molar-refractivity contribution is 6.11. The van der Waals surface area contributed by atoms with Gasteiger partial charge in [-0.25, -0.2) is 13.9 Å². The molecule has 0 aliphatic heterocycles. The van der Waals surface area contributed by atoms with Crippen molar-refractivity contribution in [1.29, 1.82) is 0 Å². The Morgan fingerprint density at radius 2 is 1.57 bits per heavy atom. The van der Waals surface area contributed by atoms with Crippen LogP contribution in [0.2, 0.25) is 0 Å². The molecule has 3 aromatic carbocycles. The Balaban J connectivity index is 1.49. The van der Waals surface area contributed by atoms with Crippen LogP contribution in [0.15, 0.2) is 77.3 Å². The summed E-state index contributed by atoms with van der Waals surface area (Å²) in [6.45, 7) is 11.5. The van der Waals surface area contributed by atoms with E-state index in [0.717, 1.165) is 61.6 Å². The standard InChI is InChI=1S/C36H34FN2O/c1-21-7-13-26-27-19-24-10-14-28-31(36(4,5)17-16-35(28,2)3)32(24)38-34(27)40-33(26)30(21)29-20-23(15-18-39(29)6)22-8-11-25(37)12-9-22/h7-15,18-20H,16-17H2,1-6H3/q+1. The summed E-state index contributed by atoms with van der Waals surface area (Å²) in [5.74, 6) is -0.235. The average molecular weight is 530 g/mol. The third-order valence-corrected chi connectivity index (χ3v) is 9.17. The highest BCUT2D eigenvalue weighted by Crippen LogP contribution is 2.49. The van der Waals surface area contributed by atoms with E-state index < -0.39 is 0 Å². The second-order valence-corrected chi connectivity index (χ2v) is 12.8. The molecule has 4 heteroatoms. The summed E-state index contributed by atoms with van der Waals surface area (Å²) in [7, 11) is 2.05. The van der Waals surface area contributed by atoms with E-state index in [2.05, 4.69) is 87.8 Å². The second kappa shape index (κ2) is 8.47. The molecular weight excluding hydrogens is 495 g/mol. The molecule has 0 atom stereocenters. The molecule has 6 aromatic rings. The maximum absolute atomic E-state index is 13.6. The van der Waals surface area contributed by atoms with Gasteiger partial charge >= 0.3 is 0 Å². The van der Waals surface area contributed by atoms with E-state index in [1.165, 1.54) is 29.7 Å². The quantitative estimate of drug-likeness (QED) is 0.209. The molecule has 0 saturated carbocycles. The predicted molar refractivity (Wildman–Crippen MR) is 161 cm³/mol. The van der Waals surface area contributed by atoms with Crippen LogP contribution >= 0.6 is 0 Å². The molecule has 1 aliphatic carbocycles. The van der Waals surface area contributed by atoms with Gasteiger partial charge in [0, 0.05) is 28.3 Å². The molecule has 3 heterocycles. The van der Waals surface area contributed by atoms with Gasteiger partial charge in [-0.2, -0.15) is 0 Å². The Morgan fingerprint density at radius 1 is 0.825 bits per heavy atom. The molecule has 1 aliphatic rings. The minimum Gasteiger partial charge on any atom is -0.437 e. The van der Waals surface area contributed by atoms with Crippen LogP contribution in [0.25, 0.3) is 55.4 Å². The fourth-order valence-electron chi connectivity index (χ4n) is 6.68. The third-order valence-electron chi connectivity index (χ3n) is 9.17. The van der Waals surface area contributed by atoms with Gasteiger partial charge in [0.25, 0.3) is 0 Å². The van der Waals surface area contributed by atoms with E-state index in [-0.39, 0.29) is 16.6 Å². The molecule has 3 nitrogen and oxygen atoms in total. The Kier molecular flexibility index (Phi) is 5.29. The third kappa shape index (κ3) is 3.69. The van der Waals surface area contributed by atoms with Crippen LogP contribution < -0.4 is 4.57 Å². The fourth-order valence-corrected chi connectivity index (χ4v) is 6.68. The minimum atomic E-state index is -0.235. The largest absolute Gasteiger partial charge is 0.437 e. The molecule has 40 heavy (non-hydrogen) atoms. The molecule has 0 fully saturated rings. The van der Waals surface area contributed by atoms with Crippen LogP contribution in [-0.2, 0) is 17.9 Å². The van der Waals surface area contributed by atoms with Gasteiger partial charge in [0.1, 0.15) is 12.9 Å². The van der Waals surface area contributed by atoms with Crippen molar-refractivity contribution in [3.05, 3.63) is 95.4 Å². The van der Waals surface area contributed by atoms with Crippen LogP contribution in [-0.4, -0.2) is 4.98 Å². The van der Waals surface area contributed by atoms with Crippen LogP contribution in [0.5, 0.6) is 0 Å². The van der Waals surface area contributed by atoms with Crippen molar-refractivity contribution in [2.24, 2.45) is 7.05 Å². The zero-order valence-corrected chi connectivity index (χ0v) is 24.0. The van der Waals surface area contributed by atoms with Gasteiger partial charge in [-0.3, -0.25) is 0 Å². The van der Waals surface area contributed by atoms with Gasteiger partial charge in [0.2, 0.25) is 11.4 Å². The van der Waals surface area contributed by atoms with Gasteiger partial charge in [-0.1, -0.05) is 64.1 Å². The van der Waals surface area contributed by atoms with Gasteiger partial charge in [0.05, 0.1) is 11.1 Å². The van der Waals surface area contributed by atoms with Crippen molar-refractivity contribution in [2.45, 2.75) is 58.3 Å². The van der Waals surface area contributed by atoms with E-state index in [1.54, 1.807) is 0 Å². The average Bonchev–Trinajstić information content (AvgIpc) is 3.28. The number of halogens is 1. The molecule has 0 radical (unpaired) electrons. The van der Waals surface area contributed by atoms with E-state index >= 15 is 0 Å². The van der Waals surface area contributed by atoms with Crippen molar-refractivity contribution in [2.75, 3.05) is 0 Å². The van der Waals surface area contributed by atoms with Crippen molar-refractivity contribution in [1.82, 2.24) is 4.98 Å². The lowest BCUT2D eigenvalue weighted by molar-refractivity contribution is -0.660. The number of furan rings is 1. The van der Waals surface area contributed by atoms with Crippen molar-refractivity contribution in [3.63, 3.8) is 0 Å². The molecule has 0 amide bonds. The van der Waals surface area contributed by atoms with Gasteiger partial charge in [-0.15, -0.1) is 0 Å². The predicted octanol–water partition coefficient (Wildman–Crippen LogP) is 9.09. The van der Waals surface area contributed by atoms with Crippen molar-refractivity contribution >= 4 is 33.0 Å². The first-order valence-corrected chi connectivity index (χ1v) is 14.1. The fraction of sp³-hybridized carbons (Fsp3) is 0.278. The smallest absolute Gasteiger partial charge is 0.227 e. The normalized spacial score (nSPS) is 16.1. The van der Waals surface area contributed by atoms with E-state index in [0.29, 0.717) is 5.71 Å². The van der Waals surface area contributed by atoms with Crippen LogP contribution in [0.4, 0.5) is 4.39 Å². The summed E-state index contributed by atoms with van der Waals surface area (Å²) in [5.41, 5.74) is 10.7. The number of aromatic nitrogens is 2. The lowest BCUT2D eigenvalue weighted by atomic mass is 9.62. The maximum atomic E-state index is 13.6. The summed E-state index contributed by atoms with van der Waals surface area (Å²) in [5, 5.41) is 3.26. The monoisotopic (exact) mass is 529 g/mol. The number of fused-ring (bicyclic) bond motifs is 6. The Hall–Kier alpha value is -4.05. The summed E-state index contributed by atoms with van der Waals surface area (Å²) < 4.78 is 22.4. The molecule has 0 N–H and O–H groups in total. The molecule has 7 rings (SSSR count). The lowest BCUT2D eigenvalue weighted by Gasteiger charge is -2.42. The van der Waals surface area contributed by atoms with Crippen LogP contribution in [0.1, 0.15) is 57.2 Å². The first kappa shape index (κ1) is 25.0. The number of benzene rings is 3. The summed E-state index contributed by atoms with van der Waals surface area (Å²) >= 11 is 0.